The van der Waals surface area contributed by atoms with E-state index in [4.69, 9.17) is 5.84 Å². The van der Waals surface area contributed by atoms with Crippen molar-refractivity contribution in [3.05, 3.63) is 5.43 Å². The van der Waals surface area contributed by atoms with Crippen LogP contribution in [0.15, 0.2) is 0 Å². The molecule has 4 heteroatoms. The van der Waals surface area contributed by atoms with Crippen molar-refractivity contribution in [3.63, 3.8) is 0 Å². The fourth-order valence-corrected chi connectivity index (χ4v) is 0.478. The van der Waals surface area contributed by atoms with E-state index in [0.29, 0.717) is 0 Å². The van der Waals surface area contributed by atoms with E-state index in [1.54, 1.807) is 0 Å². The summed E-state index contributed by atoms with van der Waals surface area (Å²) in [6, 6.07) is 0. The summed E-state index contributed by atoms with van der Waals surface area (Å²) in [7, 11) is 4.08. The molecular weight excluding hydrogens is 191 g/mol. The van der Waals surface area contributed by atoms with Crippen LogP contribution in [-0.4, -0.2) is 32.1 Å². The Labute approximate surface area is 82.2 Å². The van der Waals surface area contributed by atoms with Gasteiger partial charge in [0.25, 0.3) is 0 Å². The van der Waals surface area contributed by atoms with Crippen LogP contribution in [0.1, 0.15) is 6.42 Å². The van der Waals surface area contributed by atoms with Gasteiger partial charge in [-0.1, -0.05) is 6.42 Å². The van der Waals surface area contributed by atoms with Crippen molar-refractivity contribution in [2.45, 2.75) is 6.42 Å². The fraction of sp³-hybridized carbons (Fsp3) is 1.00. The summed E-state index contributed by atoms with van der Waals surface area (Å²) < 4.78 is 0. The Bertz CT molecular complexity index is 49.5. The number of nitrogens with zero attached hydrogens (tertiary/aromatic N) is 2. The first-order valence-corrected chi connectivity index (χ1v) is 2.79. The van der Waals surface area contributed by atoms with Crippen molar-refractivity contribution < 1.29 is 32.7 Å². The van der Waals surface area contributed by atoms with Crippen LogP contribution >= 0.6 is 0 Å². The first-order valence-electron chi connectivity index (χ1n) is 2.79. The summed E-state index contributed by atoms with van der Waals surface area (Å²) in [4.78, 5) is 2.12. The predicted octanol–water partition coefficient (Wildman–Crippen LogP) is 0.183. The third-order valence-corrected chi connectivity index (χ3v) is 0.893. The van der Waals surface area contributed by atoms with Crippen LogP contribution in [0, 0.1) is 0 Å². The zero-order valence-electron chi connectivity index (χ0n) is 6.17. The maximum Gasteiger partial charge on any atom is 0 e. The van der Waals surface area contributed by atoms with Crippen LogP contribution < -0.4 is 5.84 Å². The number of nitrogens with two attached hydrogens (primary N) is 1. The molecule has 3 nitrogen and oxygen atoms in total. The minimum absolute atomic E-state index is 0. The molecule has 0 aliphatic carbocycles. The molecule has 0 aromatic rings. The number of hydrogen-bond donors (Lipinski definition) is 1. The van der Waals surface area contributed by atoms with Gasteiger partial charge in [0.1, 0.15) is 0 Å². The molecule has 0 rings (SSSR count). The van der Waals surface area contributed by atoms with Crippen LogP contribution in [0.2, 0.25) is 0 Å². The van der Waals surface area contributed by atoms with Gasteiger partial charge in [0.15, 0.2) is 0 Å². The standard InChI is InChI=1S/C5H14N3.Y/c1-8(2)5-3-4-7-6;/h3-6H2,1-2H3;/q-1;. The summed E-state index contributed by atoms with van der Waals surface area (Å²) in [6.45, 7) is 1.85. The van der Waals surface area contributed by atoms with Crippen molar-refractivity contribution in [2.24, 2.45) is 5.84 Å². The van der Waals surface area contributed by atoms with Crippen LogP contribution in [0.3, 0.4) is 0 Å². The molecule has 1 radical (unpaired) electrons. The van der Waals surface area contributed by atoms with Gasteiger partial charge in [-0.2, -0.15) is 0 Å². The zero-order valence-corrected chi connectivity index (χ0v) is 9.01. The molecule has 53 valence electrons. The van der Waals surface area contributed by atoms with Gasteiger partial charge in [-0.3, -0.25) is 0 Å². The summed E-state index contributed by atoms with van der Waals surface area (Å²) in [6.07, 6.45) is 1.06. The predicted molar refractivity (Wildman–Crippen MR) is 35.6 cm³/mol. The Morgan fingerprint density at radius 3 is 2.33 bits per heavy atom. The minimum atomic E-state index is 0. The Morgan fingerprint density at radius 2 is 2.00 bits per heavy atom. The molecule has 0 saturated heterocycles. The molecule has 0 amide bonds. The second kappa shape index (κ2) is 8.98. The third-order valence-electron chi connectivity index (χ3n) is 0.893. The van der Waals surface area contributed by atoms with Gasteiger partial charge < -0.3 is 16.2 Å². The van der Waals surface area contributed by atoms with Crippen molar-refractivity contribution in [3.8, 4) is 0 Å². The molecule has 0 aromatic carbocycles. The number of hydrogen-bond acceptors (Lipinski definition) is 2. The molecule has 0 atom stereocenters. The van der Waals surface area contributed by atoms with E-state index in [9.17, 15) is 0 Å². The maximum absolute atomic E-state index is 4.92. The maximum atomic E-state index is 4.92. The zero-order chi connectivity index (χ0) is 6.41. The Balaban J connectivity index is 0. The van der Waals surface area contributed by atoms with E-state index in [0.717, 1.165) is 19.5 Å². The first kappa shape index (κ1) is 12.6. The SMILES string of the molecule is CN(C)CCC[N-]N.[Y]. The van der Waals surface area contributed by atoms with E-state index in [1.165, 1.54) is 0 Å². The first-order chi connectivity index (χ1) is 3.77. The fourth-order valence-electron chi connectivity index (χ4n) is 0.478. The van der Waals surface area contributed by atoms with Gasteiger partial charge in [-0.25, -0.2) is 0 Å². The summed E-state index contributed by atoms with van der Waals surface area (Å²) in [5.74, 6) is 4.92. The van der Waals surface area contributed by atoms with Gasteiger partial charge in [-0.15, -0.1) is 6.54 Å². The summed E-state index contributed by atoms with van der Waals surface area (Å²) in [5.41, 5.74) is 3.48. The molecular formula is C5H14N3Y-. The van der Waals surface area contributed by atoms with E-state index in [2.05, 4.69) is 10.3 Å². The normalized spacial score (nSPS) is 9.33. The van der Waals surface area contributed by atoms with E-state index in [-0.39, 0.29) is 32.7 Å². The van der Waals surface area contributed by atoms with Crippen molar-refractivity contribution in [1.29, 1.82) is 0 Å². The summed E-state index contributed by atoms with van der Waals surface area (Å²) >= 11 is 0. The molecule has 0 aliphatic rings. The summed E-state index contributed by atoms with van der Waals surface area (Å²) in [5, 5.41) is 0. The van der Waals surface area contributed by atoms with Crippen LogP contribution in [0.25, 0.3) is 5.43 Å². The molecule has 9 heavy (non-hydrogen) atoms. The molecule has 0 fully saturated rings. The molecule has 0 saturated carbocycles. The van der Waals surface area contributed by atoms with Gasteiger partial charge in [-0.05, 0) is 20.6 Å². The largest absolute Gasteiger partial charge is 0.600 e. The Morgan fingerprint density at radius 1 is 1.44 bits per heavy atom. The average molecular weight is 205 g/mol. The number of rotatable bonds is 4. The van der Waals surface area contributed by atoms with Gasteiger partial charge in [0, 0.05) is 32.7 Å². The second-order valence-corrected chi connectivity index (χ2v) is 2.06. The van der Waals surface area contributed by atoms with Crippen molar-refractivity contribution >= 4 is 0 Å². The van der Waals surface area contributed by atoms with Crippen molar-refractivity contribution in [2.75, 3.05) is 27.2 Å². The van der Waals surface area contributed by atoms with Crippen LogP contribution in [-0.2, 0) is 32.7 Å². The van der Waals surface area contributed by atoms with E-state index < -0.39 is 0 Å². The minimum Gasteiger partial charge on any atom is -0.600 e. The molecule has 0 spiro atoms. The van der Waals surface area contributed by atoms with E-state index >= 15 is 0 Å². The van der Waals surface area contributed by atoms with Gasteiger partial charge in [0.2, 0.25) is 0 Å². The molecule has 0 bridgehead atoms. The Kier molecular flexibility index (Phi) is 12.6. The van der Waals surface area contributed by atoms with Gasteiger partial charge in [0.05, 0.1) is 0 Å². The van der Waals surface area contributed by atoms with Crippen molar-refractivity contribution in [1.82, 2.24) is 4.90 Å². The molecule has 2 N–H and O–H groups in total. The molecule has 0 unspecified atom stereocenters. The quantitative estimate of drug-likeness (QED) is 0.404. The van der Waals surface area contributed by atoms with Crippen LogP contribution in [0.5, 0.6) is 0 Å². The smallest absolute Gasteiger partial charge is 0 e. The monoisotopic (exact) mass is 205 g/mol. The third kappa shape index (κ3) is 12.2. The topological polar surface area (TPSA) is 43.4 Å². The molecule has 0 aromatic heterocycles. The Hall–Kier alpha value is 0.984. The van der Waals surface area contributed by atoms with Crippen LogP contribution in [0.4, 0.5) is 0 Å². The second-order valence-electron chi connectivity index (χ2n) is 2.06. The molecule has 0 heterocycles. The van der Waals surface area contributed by atoms with E-state index in [1.807, 2.05) is 14.1 Å². The molecule has 0 aliphatic heterocycles. The van der Waals surface area contributed by atoms with Gasteiger partial charge >= 0.3 is 0 Å². The average Bonchev–Trinajstić information content (AvgIpc) is 1.66.